The van der Waals surface area contributed by atoms with E-state index in [0.717, 1.165) is 12.4 Å². The van der Waals surface area contributed by atoms with Gasteiger partial charge in [-0.05, 0) is 37.0 Å². The van der Waals surface area contributed by atoms with Gasteiger partial charge in [0.05, 0.1) is 0 Å². The number of hydrogen-bond donors (Lipinski definition) is 1. The molecule has 0 saturated heterocycles. The van der Waals surface area contributed by atoms with Gasteiger partial charge in [0.25, 0.3) is 0 Å². The lowest BCUT2D eigenvalue weighted by atomic mass is 10.0. The number of hydrogen-bond acceptors (Lipinski definition) is 3. The average Bonchev–Trinajstić information content (AvgIpc) is 2.34. The Hall–Kier alpha value is -1.09. The summed E-state index contributed by atoms with van der Waals surface area (Å²) in [4.78, 5) is 6.92. The van der Waals surface area contributed by atoms with E-state index in [-0.39, 0.29) is 0 Å². The van der Waals surface area contributed by atoms with Crippen molar-refractivity contribution in [1.29, 1.82) is 0 Å². The van der Waals surface area contributed by atoms with Gasteiger partial charge >= 0.3 is 0 Å². The Morgan fingerprint density at radius 2 is 1.84 bits per heavy atom. The second-order valence-corrected chi connectivity index (χ2v) is 6.12. The first kappa shape index (κ1) is 16.0. The highest BCUT2D eigenvalue weighted by Gasteiger charge is 2.16. The summed E-state index contributed by atoms with van der Waals surface area (Å²) < 4.78 is 0. The van der Waals surface area contributed by atoms with E-state index in [2.05, 4.69) is 69.9 Å². The van der Waals surface area contributed by atoms with Gasteiger partial charge in [-0.3, -0.25) is 0 Å². The zero-order chi connectivity index (χ0) is 14.6. The maximum Gasteiger partial charge on any atom is 0.131 e. The molecule has 1 heterocycles. The van der Waals surface area contributed by atoms with Crippen LogP contribution in [0.5, 0.6) is 0 Å². The molecule has 0 aromatic carbocycles. The molecule has 0 fully saturated rings. The molecule has 0 aliphatic rings. The van der Waals surface area contributed by atoms with Crippen molar-refractivity contribution < 1.29 is 0 Å². The minimum atomic E-state index is 0.492. The van der Waals surface area contributed by atoms with E-state index in [1.807, 2.05) is 6.20 Å². The number of aromatic nitrogens is 1. The van der Waals surface area contributed by atoms with Crippen molar-refractivity contribution >= 4 is 5.82 Å². The van der Waals surface area contributed by atoms with Crippen LogP contribution in [0.3, 0.4) is 0 Å². The van der Waals surface area contributed by atoms with Gasteiger partial charge in [-0.25, -0.2) is 4.98 Å². The van der Waals surface area contributed by atoms with Crippen LogP contribution in [0.15, 0.2) is 12.3 Å². The maximum absolute atomic E-state index is 4.65. The first-order valence-corrected chi connectivity index (χ1v) is 7.24. The van der Waals surface area contributed by atoms with Crippen molar-refractivity contribution in [2.24, 2.45) is 5.92 Å². The summed E-state index contributed by atoms with van der Waals surface area (Å²) in [6.45, 7) is 14.1. The smallest absolute Gasteiger partial charge is 0.131 e. The molecule has 1 unspecified atom stereocenters. The normalized spacial score (nSPS) is 13.1. The van der Waals surface area contributed by atoms with Gasteiger partial charge in [-0.15, -0.1) is 0 Å². The third-order valence-corrected chi connectivity index (χ3v) is 3.73. The predicted molar refractivity (Wildman–Crippen MR) is 83.7 cm³/mol. The van der Waals surface area contributed by atoms with E-state index in [4.69, 9.17) is 0 Å². The Balaban J connectivity index is 2.82. The van der Waals surface area contributed by atoms with Crippen LogP contribution in [-0.2, 0) is 6.54 Å². The Morgan fingerprint density at radius 3 is 2.32 bits per heavy atom. The SMILES string of the molecule is Cc1cc(CNC(C)C)cnc1N(C)C(C)C(C)C. The molecule has 0 spiro atoms. The highest BCUT2D eigenvalue weighted by molar-refractivity contribution is 5.47. The highest BCUT2D eigenvalue weighted by Crippen LogP contribution is 2.21. The molecule has 3 nitrogen and oxygen atoms in total. The lowest BCUT2D eigenvalue weighted by Gasteiger charge is -2.30. The van der Waals surface area contributed by atoms with Gasteiger partial charge in [-0.1, -0.05) is 27.7 Å². The maximum atomic E-state index is 4.65. The number of aryl methyl sites for hydroxylation is 1. The lowest BCUT2D eigenvalue weighted by Crippen LogP contribution is -2.34. The van der Waals surface area contributed by atoms with E-state index in [1.165, 1.54) is 11.1 Å². The minimum absolute atomic E-state index is 0.492. The summed E-state index contributed by atoms with van der Waals surface area (Å²) in [5, 5.41) is 3.43. The van der Waals surface area contributed by atoms with Crippen LogP contribution in [0.4, 0.5) is 5.82 Å². The third kappa shape index (κ3) is 4.50. The van der Waals surface area contributed by atoms with Gasteiger partial charge in [0.2, 0.25) is 0 Å². The number of rotatable bonds is 6. The monoisotopic (exact) mass is 263 g/mol. The van der Waals surface area contributed by atoms with Crippen molar-refractivity contribution in [2.75, 3.05) is 11.9 Å². The average molecular weight is 263 g/mol. The van der Waals surface area contributed by atoms with E-state index >= 15 is 0 Å². The minimum Gasteiger partial charge on any atom is -0.357 e. The molecule has 0 amide bonds. The molecular weight excluding hydrogens is 234 g/mol. The van der Waals surface area contributed by atoms with Gasteiger partial charge < -0.3 is 10.2 Å². The molecule has 0 aliphatic heterocycles. The molecule has 1 aromatic rings. The van der Waals surface area contributed by atoms with E-state index in [9.17, 15) is 0 Å². The Kier molecular flexibility index (Phi) is 5.80. The van der Waals surface area contributed by atoms with Crippen molar-refractivity contribution in [1.82, 2.24) is 10.3 Å². The molecule has 0 bridgehead atoms. The molecule has 1 atom stereocenters. The summed E-state index contributed by atoms with van der Waals surface area (Å²) in [7, 11) is 2.13. The molecule has 0 aliphatic carbocycles. The van der Waals surface area contributed by atoms with Gasteiger partial charge in [0, 0.05) is 31.9 Å². The van der Waals surface area contributed by atoms with E-state index in [0.29, 0.717) is 18.0 Å². The Bertz CT molecular complexity index is 399. The quantitative estimate of drug-likeness (QED) is 0.853. The standard InChI is InChI=1S/C16H29N3/c1-11(2)14(6)19(7)16-13(5)8-15(10-18-16)9-17-12(3)4/h8,10-12,14,17H,9H2,1-7H3. The van der Waals surface area contributed by atoms with Crippen molar-refractivity contribution in [3.05, 3.63) is 23.4 Å². The summed E-state index contributed by atoms with van der Waals surface area (Å²) in [5.41, 5.74) is 2.50. The van der Waals surface area contributed by atoms with E-state index in [1.54, 1.807) is 0 Å². The van der Waals surface area contributed by atoms with Crippen LogP contribution >= 0.6 is 0 Å². The van der Waals surface area contributed by atoms with Crippen molar-refractivity contribution in [2.45, 2.75) is 60.2 Å². The molecular formula is C16H29N3. The molecule has 3 heteroatoms. The third-order valence-electron chi connectivity index (χ3n) is 3.73. The molecule has 108 valence electrons. The van der Waals surface area contributed by atoms with Crippen LogP contribution in [-0.4, -0.2) is 24.1 Å². The van der Waals surface area contributed by atoms with Gasteiger partial charge in [0.1, 0.15) is 5.82 Å². The fraction of sp³-hybridized carbons (Fsp3) is 0.688. The second-order valence-electron chi connectivity index (χ2n) is 6.12. The number of pyridine rings is 1. The molecule has 0 radical (unpaired) electrons. The summed E-state index contributed by atoms with van der Waals surface area (Å²) in [6.07, 6.45) is 1.99. The van der Waals surface area contributed by atoms with Crippen LogP contribution < -0.4 is 10.2 Å². The zero-order valence-corrected chi connectivity index (χ0v) is 13.5. The molecule has 0 saturated carbocycles. The number of nitrogens with one attached hydrogen (secondary N) is 1. The molecule has 1 rings (SSSR count). The highest BCUT2D eigenvalue weighted by atomic mass is 15.2. The fourth-order valence-electron chi connectivity index (χ4n) is 2.05. The van der Waals surface area contributed by atoms with E-state index < -0.39 is 0 Å². The number of nitrogens with zero attached hydrogens (tertiary/aromatic N) is 2. The van der Waals surface area contributed by atoms with Crippen LogP contribution in [0.25, 0.3) is 0 Å². The predicted octanol–water partition coefficient (Wildman–Crippen LogP) is 3.37. The molecule has 19 heavy (non-hydrogen) atoms. The largest absolute Gasteiger partial charge is 0.357 e. The van der Waals surface area contributed by atoms with Crippen molar-refractivity contribution in [3.8, 4) is 0 Å². The summed E-state index contributed by atoms with van der Waals surface area (Å²) in [6, 6.07) is 3.23. The molecule has 1 aromatic heterocycles. The molecule has 1 N–H and O–H groups in total. The van der Waals surface area contributed by atoms with Crippen LogP contribution in [0, 0.1) is 12.8 Å². The topological polar surface area (TPSA) is 28.2 Å². The first-order chi connectivity index (χ1) is 8.82. The first-order valence-electron chi connectivity index (χ1n) is 7.24. The number of anilines is 1. The summed E-state index contributed by atoms with van der Waals surface area (Å²) >= 11 is 0. The zero-order valence-electron chi connectivity index (χ0n) is 13.5. The van der Waals surface area contributed by atoms with Gasteiger partial charge in [0.15, 0.2) is 0 Å². The van der Waals surface area contributed by atoms with Gasteiger partial charge in [-0.2, -0.15) is 0 Å². The van der Waals surface area contributed by atoms with Crippen LogP contribution in [0.2, 0.25) is 0 Å². The summed E-state index contributed by atoms with van der Waals surface area (Å²) in [5.74, 6) is 1.71. The Morgan fingerprint density at radius 1 is 1.21 bits per heavy atom. The Labute approximate surface area is 118 Å². The van der Waals surface area contributed by atoms with Crippen molar-refractivity contribution in [3.63, 3.8) is 0 Å². The fourth-order valence-corrected chi connectivity index (χ4v) is 2.05. The van der Waals surface area contributed by atoms with Crippen LogP contribution in [0.1, 0.15) is 45.7 Å². The lowest BCUT2D eigenvalue weighted by molar-refractivity contribution is 0.502. The second kappa shape index (κ2) is 6.90.